The molecule has 4 nitrogen and oxygen atoms in total. The predicted octanol–water partition coefficient (Wildman–Crippen LogP) is 4.54. The third-order valence-corrected chi connectivity index (χ3v) is 6.37. The molecule has 0 radical (unpaired) electrons. The molecule has 0 N–H and O–H groups in total. The number of hydrogen-bond acceptors (Lipinski definition) is 4. The lowest BCUT2D eigenvalue weighted by Gasteiger charge is -2.36. The molecule has 1 saturated heterocycles. The molecule has 0 spiro atoms. The van der Waals surface area contributed by atoms with Gasteiger partial charge in [0, 0.05) is 25.3 Å². The lowest BCUT2D eigenvalue weighted by Crippen LogP contribution is -2.40. The second-order valence-electron chi connectivity index (χ2n) is 8.52. The van der Waals surface area contributed by atoms with Crippen LogP contribution >= 0.6 is 0 Å². The van der Waals surface area contributed by atoms with Crippen molar-refractivity contribution in [3.8, 4) is 5.75 Å². The summed E-state index contributed by atoms with van der Waals surface area (Å²) < 4.78 is 6.12. The van der Waals surface area contributed by atoms with E-state index in [1.165, 1.54) is 57.2 Å². The van der Waals surface area contributed by atoms with E-state index >= 15 is 0 Å². The average Bonchev–Trinajstić information content (AvgIpc) is 2.76. The second kappa shape index (κ2) is 10.7. The number of ether oxygens (including phenoxy) is 1. The van der Waals surface area contributed by atoms with Crippen molar-refractivity contribution < 1.29 is 4.74 Å². The molecule has 4 heteroatoms. The van der Waals surface area contributed by atoms with Crippen LogP contribution in [0.15, 0.2) is 48.7 Å². The number of hydrogen-bond donors (Lipinski definition) is 0. The van der Waals surface area contributed by atoms with Crippen LogP contribution in [-0.4, -0.2) is 53.6 Å². The van der Waals surface area contributed by atoms with Gasteiger partial charge in [-0.2, -0.15) is 0 Å². The average molecular weight is 394 g/mol. The molecular formula is C25H35N3O. The van der Waals surface area contributed by atoms with E-state index in [4.69, 9.17) is 4.74 Å². The van der Waals surface area contributed by atoms with Gasteiger partial charge in [-0.05, 0) is 88.0 Å². The molecule has 1 aromatic heterocycles. The summed E-state index contributed by atoms with van der Waals surface area (Å²) in [6.45, 7) is 6.21. The molecule has 2 aliphatic heterocycles. The van der Waals surface area contributed by atoms with Gasteiger partial charge in [0.2, 0.25) is 0 Å². The van der Waals surface area contributed by atoms with E-state index in [0.717, 1.165) is 50.1 Å². The Hall–Kier alpha value is -1.91. The van der Waals surface area contributed by atoms with Crippen LogP contribution in [0.2, 0.25) is 0 Å². The van der Waals surface area contributed by atoms with Crippen LogP contribution in [0, 0.1) is 0 Å². The number of fused-ring (bicyclic) bond motifs is 3. The number of aromatic nitrogens is 1. The highest BCUT2D eigenvalue weighted by molar-refractivity contribution is 5.28. The molecule has 29 heavy (non-hydrogen) atoms. The summed E-state index contributed by atoms with van der Waals surface area (Å²) in [6.07, 6.45) is 11.0. The van der Waals surface area contributed by atoms with E-state index in [0.29, 0.717) is 0 Å². The van der Waals surface area contributed by atoms with Crippen LogP contribution < -0.4 is 4.74 Å². The topological polar surface area (TPSA) is 28.6 Å². The van der Waals surface area contributed by atoms with Gasteiger partial charge in [0.25, 0.3) is 0 Å². The molecule has 1 fully saturated rings. The van der Waals surface area contributed by atoms with Crippen molar-refractivity contribution in [3.63, 3.8) is 0 Å². The van der Waals surface area contributed by atoms with E-state index in [2.05, 4.69) is 51.2 Å². The predicted molar refractivity (Wildman–Crippen MR) is 118 cm³/mol. The normalized spacial score (nSPS) is 22.7. The standard InChI is InChI=1S/C25H35N3O/c1-3-14-26-23(9-1)21-27-15-5-6-17-28-16-4-2-10-24(28)13-12-22-8-7-11-25(20-22)29-19-18-27/h1,3,7-9,11,14,20,24H,2,4-6,10,12-13,15-19,21H2. The van der Waals surface area contributed by atoms with E-state index < -0.39 is 0 Å². The molecule has 0 aliphatic carbocycles. The number of benzene rings is 1. The second-order valence-corrected chi connectivity index (χ2v) is 8.52. The van der Waals surface area contributed by atoms with Gasteiger partial charge in [-0.25, -0.2) is 0 Å². The highest BCUT2D eigenvalue weighted by Crippen LogP contribution is 2.23. The summed E-state index contributed by atoms with van der Waals surface area (Å²) in [5.41, 5.74) is 2.55. The van der Waals surface area contributed by atoms with E-state index in [1.807, 2.05) is 12.3 Å². The fourth-order valence-corrected chi connectivity index (χ4v) is 4.74. The monoisotopic (exact) mass is 393 g/mol. The quantitative estimate of drug-likeness (QED) is 0.749. The van der Waals surface area contributed by atoms with Crippen LogP contribution in [0.3, 0.4) is 0 Å². The Kier molecular flexibility index (Phi) is 7.55. The molecule has 1 aromatic carbocycles. The van der Waals surface area contributed by atoms with Gasteiger partial charge in [-0.15, -0.1) is 0 Å². The van der Waals surface area contributed by atoms with E-state index in [-0.39, 0.29) is 0 Å². The number of rotatable bonds is 2. The number of aryl methyl sites for hydroxylation is 1. The number of piperidine rings is 1. The summed E-state index contributed by atoms with van der Waals surface area (Å²) in [6, 6.07) is 15.7. The Morgan fingerprint density at radius 1 is 0.897 bits per heavy atom. The summed E-state index contributed by atoms with van der Waals surface area (Å²) in [5.74, 6) is 1.01. The fourth-order valence-electron chi connectivity index (χ4n) is 4.74. The minimum Gasteiger partial charge on any atom is -0.492 e. The van der Waals surface area contributed by atoms with Crippen molar-refractivity contribution >= 4 is 0 Å². The third-order valence-electron chi connectivity index (χ3n) is 6.37. The lowest BCUT2D eigenvalue weighted by atomic mass is 9.95. The molecule has 0 amide bonds. The van der Waals surface area contributed by atoms with E-state index in [9.17, 15) is 0 Å². The number of pyridine rings is 1. The Bertz CT molecular complexity index is 736. The lowest BCUT2D eigenvalue weighted by molar-refractivity contribution is 0.134. The first-order chi connectivity index (χ1) is 14.4. The van der Waals surface area contributed by atoms with Crippen LogP contribution in [-0.2, 0) is 13.0 Å². The van der Waals surface area contributed by atoms with Crippen molar-refractivity contribution in [2.24, 2.45) is 0 Å². The molecular weight excluding hydrogens is 358 g/mol. The highest BCUT2D eigenvalue weighted by Gasteiger charge is 2.22. The Morgan fingerprint density at radius 3 is 2.69 bits per heavy atom. The minimum atomic E-state index is 0.727. The zero-order valence-electron chi connectivity index (χ0n) is 17.6. The minimum absolute atomic E-state index is 0.727. The largest absolute Gasteiger partial charge is 0.492 e. The van der Waals surface area contributed by atoms with Crippen molar-refractivity contribution in [1.29, 1.82) is 0 Å². The first-order valence-corrected chi connectivity index (χ1v) is 11.4. The maximum absolute atomic E-state index is 6.12. The molecule has 2 aliphatic rings. The molecule has 2 aromatic rings. The molecule has 1 unspecified atom stereocenters. The molecule has 156 valence electrons. The first kappa shape index (κ1) is 20.4. The summed E-state index contributed by atoms with van der Waals surface area (Å²) in [4.78, 5) is 9.80. The van der Waals surface area contributed by atoms with Gasteiger partial charge in [-0.3, -0.25) is 9.88 Å². The fraction of sp³-hybridized carbons (Fsp3) is 0.560. The summed E-state index contributed by atoms with van der Waals surface area (Å²) in [7, 11) is 0. The molecule has 0 saturated carbocycles. The Labute approximate surface area is 175 Å². The van der Waals surface area contributed by atoms with Crippen molar-refractivity contribution in [3.05, 3.63) is 59.9 Å². The SMILES string of the molecule is c1ccc(CN2CCCCN3CCCCC3CCc3cccc(c3)OCC2)nc1. The summed E-state index contributed by atoms with van der Waals surface area (Å²) >= 11 is 0. The van der Waals surface area contributed by atoms with Gasteiger partial charge in [0.15, 0.2) is 0 Å². The first-order valence-electron chi connectivity index (χ1n) is 11.4. The van der Waals surface area contributed by atoms with Crippen molar-refractivity contribution in [2.45, 2.75) is 57.5 Å². The highest BCUT2D eigenvalue weighted by atomic mass is 16.5. The van der Waals surface area contributed by atoms with Gasteiger partial charge >= 0.3 is 0 Å². The molecule has 3 heterocycles. The van der Waals surface area contributed by atoms with Crippen LogP contribution in [0.5, 0.6) is 5.75 Å². The van der Waals surface area contributed by atoms with Crippen LogP contribution in [0.25, 0.3) is 0 Å². The zero-order valence-corrected chi connectivity index (χ0v) is 17.6. The maximum atomic E-state index is 6.12. The van der Waals surface area contributed by atoms with Crippen LogP contribution in [0.4, 0.5) is 0 Å². The summed E-state index contributed by atoms with van der Waals surface area (Å²) in [5, 5.41) is 0. The Balaban J connectivity index is 1.44. The van der Waals surface area contributed by atoms with E-state index in [1.54, 1.807) is 0 Å². The third kappa shape index (κ3) is 6.28. The Morgan fingerprint density at radius 2 is 1.79 bits per heavy atom. The number of nitrogens with zero attached hydrogens (tertiary/aromatic N) is 3. The van der Waals surface area contributed by atoms with Gasteiger partial charge < -0.3 is 9.64 Å². The van der Waals surface area contributed by atoms with Gasteiger partial charge in [0.1, 0.15) is 12.4 Å². The smallest absolute Gasteiger partial charge is 0.119 e. The molecule has 2 bridgehead atoms. The van der Waals surface area contributed by atoms with Gasteiger partial charge in [0.05, 0.1) is 5.69 Å². The van der Waals surface area contributed by atoms with Crippen molar-refractivity contribution in [2.75, 3.05) is 32.8 Å². The molecule has 1 atom stereocenters. The zero-order chi connectivity index (χ0) is 19.7. The van der Waals surface area contributed by atoms with Crippen molar-refractivity contribution in [1.82, 2.24) is 14.8 Å². The maximum Gasteiger partial charge on any atom is 0.119 e. The van der Waals surface area contributed by atoms with Gasteiger partial charge in [-0.1, -0.05) is 24.6 Å². The van der Waals surface area contributed by atoms with Crippen LogP contribution in [0.1, 0.15) is 49.8 Å². The molecule has 4 rings (SSSR count).